The van der Waals surface area contributed by atoms with E-state index in [1.807, 2.05) is 79.7 Å². The number of amides is 1. The number of benzene rings is 4. The predicted molar refractivity (Wildman–Crippen MR) is 146 cm³/mol. The van der Waals surface area contributed by atoms with Crippen molar-refractivity contribution in [3.05, 3.63) is 130 Å². The van der Waals surface area contributed by atoms with E-state index in [1.165, 1.54) is 6.08 Å². The fourth-order valence-corrected chi connectivity index (χ4v) is 3.70. The molecule has 0 fully saturated rings. The Morgan fingerprint density at radius 3 is 2.35 bits per heavy atom. The number of ether oxygens (including phenoxy) is 2. The highest BCUT2D eigenvalue weighted by Crippen LogP contribution is 2.23. The maximum Gasteiger partial charge on any atom is 0.266 e. The Labute approximate surface area is 221 Å². The molecular formula is C31H25ClN2O3. The number of nitrogens with one attached hydrogen (secondary N) is 1. The maximum atomic E-state index is 12.8. The van der Waals surface area contributed by atoms with E-state index >= 15 is 0 Å². The maximum absolute atomic E-state index is 12.8. The highest BCUT2D eigenvalue weighted by Gasteiger charge is 2.12. The number of hydrogen-bond donors (Lipinski definition) is 1. The minimum Gasteiger partial charge on any atom is -0.489 e. The number of hydrogen-bond acceptors (Lipinski definition) is 4. The summed E-state index contributed by atoms with van der Waals surface area (Å²) in [6.45, 7) is 2.81. The molecule has 4 rings (SSSR count). The fourth-order valence-electron chi connectivity index (χ4n) is 3.58. The molecule has 0 atom stereocenters. The summed E-state index contributed by atoms with van der Waals surface area (Å²) in [5.74, 6) is 0.737. The molecule has 37 heavy (non-hydrogen) atoms. The molecule has 184 valence electrons. The van der Waals surface area contributed by atoms with Crippen LogP contribution in [0.25, 0.3) is 6.08 Å². The van der Waals surface area contributed by atoms with Crippen molar-refractivity contribution >= 4 is 29.3 Å². The highest BCUT2D eigenvalue weighted by molar-refractivity contribution is 6.30. The normalized spacial score (nSPS) is 10.9. The average Bonchev–Trinajstić information content (AvgIpc) is 2.91. The third-order valence-corrected chi connectivity index (χ3v) is 5.74. The first-order chi connectivity index (χ1) is 18.0. The van der Waals surface area contributed by atoms with Crippen molar-refractivity contribution in [1.82, 2.24) is 0 Å². The van der Waals surface area contributed by atoms with Crippen LogP contribution in [0.4, 0.5) is 5.69 Å². The lowest BCUT2D eigenvalue weighted by molar-refractivity contribution is -0.112. The molecule has 0 spiro atoms. The quantitative estimate of drug-likeness (QED) is 0.189. The van der Waals surface area contributed by atoms with Gasteiger partial charge in [0.25, 0.3) is 5.91 Å². The summed E-state index contributed by atoms with van der Waals surface area (Å²) >= 11 is 5.91. The molecule has 1 amide bonds. The largest absolute Gasteiger partial charge is 0.489 e. The number of rotatable bonds is 9. The smallest absolute Gasteiger partial charge is 0.266 e. The molecular weight excluding hydrogens is 484 g/mol. The van der Waals surface area contributed by atoms with Crippen LogP contribution < -0.4 is 14.8 Å². The third kappa shape index (κ3) is 7.47. The van der Waals surface area contributed by atoms with Gasteiger partial charge in [0, 0.05) is 16.3 Å². The Morgan fingerprint density at radius 2 is 1.62 bits per heavy atom. The third-order valence-electron chi connectivity index (χ3n) is 5.49. The van der Waals surface area contributed by atoms with Gasteiger partial charge < -0.3 is 14.8 Å². The minimum atomic E-state index is -0.509. The van der Waals surface area contributed by atoms with E-state index in [2.05, 4.69) is 11.4 Å². The Bertz CT molecular complexity index is 1440. The molecule has 0 radical (unpaired) electrons. The van der Waals surface area contributed by atoms with Gasteiger partial charge in [-0.1, -0.05) is 71.8 Å². The summed E-state index contributed by atoms with van der Waals surface area (Å²) in [4.78, 5) is 12.8. The first kappa shape index (κ1) is 25.6. The van der Waals surface area contributed by atoms with Crippen molar-refractivity contribution < 1.29 is 14.3 Å². The van der Waals surface area contributed by atoms with E-state index in [0.29, 0.717) is 41.0 Å². The predicted octanol–water partition coefficient (Wildman–Crippen LogP) is 7.35. The van der Waals surface area contributed by atoms with Crippen LogP contribution in [-0.4, -0.2) is 5.91 Å². The Kier molecular flexibility index (Phi) is 8.59. The average molecular weight is 509 g/mol. The van der Waals surface area contributed by atoms with Crippen LogP contribution in [0.3, 0.4) is 0 Å². The molecule has 1 N–H and O–H groups in total. The lowest BCUT2D eigenvalue weighted by Gasteiger charge is -2.11. The number of nitriles is 1. The molecule has 0 aliphatic heterocycles. The van der Waals surface area contributed by atoms with Crippen molar-refractivity contribution in [2.75, 3.05) is 5.32 Å². The highest BCUT2D eigenvalue weighted by atomic mass is 35.5. The zero-order valence-electron chi connectivity index (χ0n) is 20.3. The van der Waals surface area contributed by atoms with Crippen LogP contribution >= 0.6 is 11.6 Å². The number of para-hydroxylation sites is 1. The zero-order chi connectivity index (χ0) is 26.0. The van der Waals surface area contributed by atoms with E-state index in [-0.39, 0.29) is 5.57 Å². The number of aryl methyl sites for hydroxylation is 1. The van der Waals surface area contributed by atoms with Crippen molar-refractivity contribution in [3.63, 3.8) is 0 Å². The van der Waals surface area contributed by atoms with E-state index in [0.717, 1.165) is 16.7 Å². The van der Waals surface area contributed by atoms with Crippen molar-refractivity contribution in [1.29, 1.82) is 5.26 Å². The minimum absolute atomic E-state index is 0.0327. The van der Waals surface area contributed by atoms with E-state index < -0.39 is 5.91 Å². The van der Waals surface area contributed by atoms with Gasteiger partial charge in [0.2, 0.25) is 0 Å². The summed E-state index contributed by atoms with van der Waals surface area (Å²) in [6.07, 6.45) is 1.53. The SMILES string of the molecule is Cc1cccc(COc2ccccc2/C=C(\C#N)C(=O)Nc2ccc(OCc3ccc(Cl)cc3)cc2)c1. The Hall–Kier alpha value is -4.53. The van der Waals surface area contributed by atoms with Gasteiger partial charge in [-0.3, -0.25) is 4.79 Å². The van der Waals surface area contributed by atoms with Gasteiger partial charge >= 0.3 is 0 Å². The lowest BCUT2D eigenvalue weighted by atomic mass is 10.1. The second kappa shape index (κ2) is 12.4. The van der Waals surface area contributed by atoms with Gasteiger partial charge in [-0.25, -0.2) is 0 Å². The Balaban J connectivity index is 1.39. The molecule has 0 aliphatic rings. The topological polar surface area (TPSA) is 71.3 Å². The van der Waals surface area contributed by atoms with Gasteiger partial charge in [0.05, 0.1) is 0 Å². The second-order valence-electron chi connectivity index (χ2n) is 8.38. The molecule has 0 saturated carbocycles. The Morgan fingerprint density at radius 1 is 0.892 bits per heavy atom. The molecule has 5 nitrogen and oxygen atoms in total. The van der Waals surface area contributed by atoms with Crippen molar-refractivity contribution in [2.45, 2.75) is 20.1 Å². The number of carbonyl (C=O) groups excluding carboxylic acids is 1. The molecule has 4 aromatic carbocycles. The molecule has 6 heteroatoms. The molecule has 0 aliphatic carbocycles. The molecule has 0 unspecified atom stereocenters. The van der Waals surface area contributed by atoms with Gasteiger partial charge in [0.15, 0.2) is 0 Å². The summed E-state index contributed by atoms with van der Waals surface area (Å²) in [5.41, 5.74) is 4.35. The summed E-state index contributed by atoms with van der Waals surface area (Å²) in [6, 6.07) is 31.8. The first-order valence-electron chi connectivity index (χ1n) is 11.7. The number of carbonyl (C=O) groups is 1. The molecule has 0 aromatic heterocycles. The van der Waals surface area contributed by atoms with Crippen LogP contribution in [-0.2, 0) is 18.0 Å². The molecule has 0 heterocycles. The van der Waals surface area contributed by atoms with Crippen LogP contribution in [0.15, 0.2) is 103 Å². The summed E-state index contributed by atoms with van der Waals surface area (Å²) in [5, 5.41) is 13.1. The summed E-state index contributed by atoms with van der Waals surface area (Å²) < 4.78 is 11.8. The van der Waals surface area contributed by atoms with E-state index in [4.69, 9.17) is 21.1 Å². The second-order valence-corrected chi connectivity index (χ2v) is 8.82. The first-order valence-corrected chi connectivity index (χ1v) is 12.1. The monoisotopic (exact) mass is 508 g/mol. The van der Waals surface area contributed by atoms with Crippen molar-refractivity contribution in [3.8, 4) is 17.6 Å². The van der Waals surface area contributed by atoms with Gasteiger partial charge in [-0.05, 0) is 66.6 Å². The molecule has 4 aromatic rings. The van der Waals surface area contributed by atoms with E-state index in [1.54, 1.807) is 24.3 Å². The summed E-state index contributed by atoms with van der Waals surface area (Å²) in [7, 11) is 0. The van der Waals surface area contributed by atoms with Gasteiger partial charge in [0.1, 0.15) is 36.4 Å². The van der Waals surface area contributed by atoms with Crippen LogP contribution in [0.1, 0.15) is 22.3 Å². The molecule has 0 bridgehead atoms. The fraction of sp³-hybridized carbons (Fsp3) is 0.0968. The van der Waals surface area contributed by atoms with Gasteiger partial charge in [-0.15, -0.1) is 0 Å². The van der Waals surface area contributed by atoms with E-state index in [9.17, 15) is 10.1 Å². The number of anilines is 1. The standard InChI is InChI=1S/C31H25ClN2O3/c1-22-5-4-6-24(17-22)21-37-30-8-3-2-7-25(30)18-26(19-33)31(35)34-28-13-15-29(16-14-28)36-20-23-9-11-27(32)12-10-23/h2-18H,20-21H2,1H3,(H,34,35)/b26-18+. The van der Waals surface area contributed by atoms with Crippen molar-refractivity contribution in [2.24, 2.45) is 0 Å². The number of nitrogens with zero attached hydrogens (tertiary/aromatic N) is 1. The van der Waals surface area contributed by atoms with Gasteiger partial charge in [-0.2, -0.15) is 5.26 Å². The van der Waals surface area contributed by atoms with Crippen LogP contribution in [0, 0.1) is 18.3 Å². The zero-order valence-corrected chi connectivity index (χ0v) is 21.0. The lowest BCUT2D eigenvalue weighted by Crippen LogP contribution is -2.13. The number of halogens is 1. The van der Waals surface area contributed by atoms with Crippen LogP contribution in [0.2, 0.25) is 5.02 Å². The molecule has 0 saturated heterocycles. The van der Waals surface area contributed by atoms with Crippen LogP contribution in [0.5, 0.6) is 11.5 Å².